The predicted octanol–water partition coefficient (Wildman–Crippen LogP) is 6.31. The van der Waals surface area contributed by atoms with Crippen LogP contribution in [0.1, 0.15) is 39.2 Å². The van der Waals surface area contributed by atoms with Crippen LogP contribution in [0.4, 0.5) is 0 Å². The van der Waals surface area contributed by atoms with Gasteiger partial charge < -0.3 is 0 Å². The largest absolute Gasteiger partial charge is 0.469 e. The lowest BCUT2D eigenvalue weighted by atomic mass is 9.14. The maximum Gasteiger partial charge on any atom is 0.469 e. The molecule has 0 atom stereocenters. The van der Waals surface area contributed by atoms with E-state index in [9.17, 15) is 4.21 Å². The van der Waals surface area contributed by atoms with Crippen LogP contribution in [0, 0.1) is 0 Å². The molecule has 1 nitrogen and oxygen atoms in total. The molecule has 0 aliphatic heterocycles. The summed E-state index contributed by atoms with van der Waals surface area (Å²) in [5.74, 6) is 0. The van der Waals surface area contributed by atoms with Crippen LogP contribution < -0.4 is 16.4 Å². The summed E-state index contributed by atoms with van der Waals surface area (Å²) in [6.07, 6.45) is 2.73. The molecular weight excluding hydrogens is 431 g/mol. The van der Waals surface area contributed by atoms with E-state index in [0.29, 0.717) is 11.7 Å². The van der Waals surface area contributed by atoms with E-state index >= 15 is 0 Å². The second-order valence-corrected chi connectivity index (χ2v) is 10.6. The van der Waals surface area contributed by atoms with E-state index in [2.05, 4.69) is 97.9 Å². The van der Waals surface area contributed by atoms with Crippen molar-refractivity contribution >= 4 is 34.2 Å². The van der Waals surface area contributed by atoms with Crippen LogP contribution in [0.25, 0.3) is 0 Å². The number of hydrogen-bond donors (Lipinski definition) is 0. The third-order valence-electron chi connectivity index (χ3n) is 6.77. The molecule has 0 bridgehead atoms. The third kappa shape index (κ3) is 6.09. The van der Waals surface area contributed by atoms with Crippen LogP contribution in [-0.4, -0.2) is 6.15 Å². The molecule has 0 aliphatic carbocycles. The summed E-state index contributed by atoms with van der Waals surface area (Å²) in [6, 6.07) is 43.0. The minimum Gasteiger partial charge on any atom is -0.200 e. The van der Waals surface area contributed by atoms with Crippen molar-refractivity contribution in [1.29, 1.82) is 0 Å². The van der Waals surface area contributed by atoms with Crippen LogP contribution in [0.5, 0.6) is 0 Å². The van der Waals surface area contributed by atoms with E-state index in [0.717, 1.165) is 5.56 Å². The molecule has 4 aromatic rings. The van der Waals surface area contributed by atoms with Gasteiger partial charge in [-0.1, -0.05) is 141 Å². The van der Waals surface area contributed by atoms with Crippen molar-refractivity contribution in [3.8, 4) is 0 Å². The highest BCUT2D eigenvalue weighted by atomic mass is 32.1. The number of rotatable bonds is 8. The van der Waals surface area contributed by atoms with E-state index in [1.54, 1.807) is 0 Å². The highest BCUT2D eigenvalue weighted by Gasteiger charge is 2.34. The summed E-state index contributed by atoms with van der Waals surface area (Å²) >= 11 is 0.630. The van der Waals surface area contributed by atoms with Crippen molar-refractivity contribution in [2.24, 2.45) is 0 Å². The molecule has 0 spiro atoms. The maximum atomic E-state index is 10.7. The van der Waals surface area contributed by atoms with Crippen molar-refractivity contribution < 1.29 is 4.21 Å². The Hall–Kier alpha value is -3.04. The van der Waals surface area contributed by atoms with Gasteiger partial charge >= 0.3 is 11.7 Å². The smallest absolute Gasteiger partial charge is 0.200 e. The minimum atomic E-state index is -0.913. The Bertz CT molecular complexity index is 1020. The normalized spacial score (nSPS) is 11.3. The molecular formula is C31H35BOS. The van der Waals surface area contributed by atoms with Crippen LogP contribution in [0.2, 0.25) is 6.32 Å². The maximum absolute atomic E-state index is 10.7. The number of unbranched alkanes of at least 4 members (excludes halogenated alkanes) is 1. The first-order chi connectivity index (χ1) is 16.5. The average Bonchev–Trinajstić information content (AvgIpc) is 2.92. The molecule has 4 rings (SSSR count). The van der Waals surface area contributed by atoms with Crippen molar-refractivity contribution in [3.63, 3.8) is 0 Å². The average molecular weight is 466 g/mol. The van der Waals surface area contributed by atoms with E-state index in [1.165, 1.54) is 35.6 Å². The first-order valence-corrected chi connectivity index (χ1v) is 13.0. The predicted molar refractivity (Wildman–Crippen MR) is 151 cm³/mol. The van der Waals surface area contributed by atoms with Gasteiger partial charge in [-0.25, -0.2) is 0 Å². The molecule has 0 saturated carbocycles. The van der Waals surface area contributed by atoms with Gasteiger partial charge in [0.15, 0.2) is 0 Å². The second kappa shape index (κ2) is 12.4. The van der Waals surface area contributed by atoms with Crippen molar-refractivity contribution in [2.75, 3.05) is 0 Å². The molecule has 0 fully saturated rings. The Kier molecular flexibility index (Phi) is 9.36. The standard InChI is InChI=1S/C22H24B.C9H11OS/c1-2-3-19-23(20-13-7-4-8-14-20,21-15-9-5-10-16-21)22-17-11-6-12-18-22;1-9(2,11-10)8-6-4-3-5-7-8/h4-18H,2-3,19H2,1H3;3-7H,1-2H3/q-1;+1. The highest BCUT2D eigenvalue weighted by Crippen LogP contribution is 2.21. The lowest BCUT2D eigenvalue weighted by Gasteiger charge is -2.43. The zero-order chi connectivity index (χ0) is 24.3. The van der Waals surface area contributed by atoms with Crippen molar-refractivity contribution in [1.82, 2.24) is 0 Å². The fraction of sp³-hybridized carbons (Fsp3) is 0.226. The van der Waals surface area contributed by atoms with Crippen LogP contribution >= 0.6 is 0 Å². The monoisotopic (exact) mass is 466 g/mol. The topological polar surface area (TPSA) is 17.1 Å². The first-order valence-electron chi connectivity index (χ1n) is 12.2. The lowest BCUT2D eigenvalue weighted by molar-refractivity contribution is 0.584. The van der Waals surface area contributed by atoms with Gasteiger partial charge in [0, 0.05) is 23.6 Å². The van der Waals surface area contributed by atoms with Gasteiger partial charge in [-0.3, -0.25) is 0 Å². The Morgan fingerprint density at radius 3 is 1.29 bits per heavy atom. The lowest BCUT2D eigenvalue weighted by Crippen LogP contribution is -2.66. The third-order valence-corrected chi connectivity index (χ3v) is 7.43. The Balaban J connectivity index is 0.000000248. The number of benzene rings is 4. The molecule has 0 aliphatic rings. The van der Waals surface area contributed by atoms with Gasteiger partial charge in [-0.05, 0) is 0 Å². The molecule has 0 aromatic heterocycles. The van der Waals surface area contributed by atoms with Gasteiger partial charge in [0.05, 0.1) is 6.15 Å². The van der Waals surface area contributed by atoms with E-state index in [-0.39, 0.29) is 4.75 Å². The molecule has 4 aromatic carbocycles. The quantitative estimate of drug-likeness (QED) is 0.220. The summed E-state index contributed by atoms with van der Waals surface area (Å²) in [4.78, 5) is 0. The fourth-order valence-corrected chi connectivity index (χ4v) is 5.05. The summed E-state index contributed by atoms with van der Waals surface area (Å²) in [5, 5.41) is 0. The van der Waals surface area contributed by atoms with Gasteiger partial charge in [0.25, 0.3) is 4.75 Å². The van der Waals surface area contributed by atoms with Crippen molar-refractivity contribution in [2.45, 2.75) is 44.7 Å². The zero-order valence-corrected chi connectivity index (χ0v) is 21.4. The molecule has 174 valence electrons. The van der Waals surface area contributed by atoms with Crippen molar-refractivity contribution in [3.05, 3.63) is 127 Å². The fourth-order valence-electron chi connectivity index (χ4n) is 4.82. The summed E-state index contributed by atoms with van der Waals surface area (Å²) in [5.41, 5.74) is 5.41. The molecule has 0 unspecified atom stereocenters. The molecule has 0 radical (unpaired) electrons. The molecule has 0 saturated heterocycles. The molecule has 0 amide bonds. The molecule has 0 N–H and O–H groups in total. The summed E-state index contributed by atoms with van der Waals surface area (Å²) in [7, 11) is 0. The van der Waals surface area contributed by atoms with Gasteiger partial charge in [0.2, 0.25) is 0 Å². The van der Waals surface area contributed by atoms with Gasteiger partial charge in [0.1, 0.15) is 0 Å². The van der Waals surface area contributed by atoms with Crippen LogP contribution in [0.3, 0.4) is 0 Å². The highest BCUT2D eigenvalue weighted by molar-refractivity contribution is 7.66. The Labute approximate surface area is 209 Å². The Morgan fingerprint density at radius 2 is 0.971 bits per heavy atom. The van der Waals surface area contributed by atoms with E-state index < -0.39 is 6.15 Å². The summed E-state index contributed by atoms with van der Waals surface area (Å²) < 4.78 is 10.4. The zero-order valence-electron chi connectivity index (χ0n) is 20.6. The minimum absolute atomic E-state index is 0.304. The molecule has 3 heteroatoms. The van der Waals surface area contributed by atoms with E-state index in [4.69, 9.17) is 0 Å². The Morgan fingerprint density at radius 1 is 0.618 bits per heavy atom. The molecule has 34 heavy (non-hydrogen) atoms. The second-order valence-electron chi connectivity index (χ2n) is 9.38. The molecule has 0 heterocycles. The van der Waals surface area contributed by atoms with Crippen LogP contribution in [-0.2, 0) is 20.6 Å². The SMILES string of the molecule is CC(C)([S+]=O)c1ccccc1.CCCC[B-](c1ccccc1)(c1ccccc1)c1ccccc1. The first kappa shape index (κ1) is 25.6. The number of hydrogen-bond acceptors (Lipinski definition) is 1. The van der Waals surface area contributed by atoms with Crippen LogP contribution in [0.15, 0.2) is 121 Å². The summed E-state index contributed by atoms with van der Waals surface area (Å²) in [6.45, 7) is 6.14. The van der Waals surface area contributed by atoms with Gasteiger partial charge in [-0.2, -0.15) is 22.7 Å². The van der Waals surface area contributed by atoms with E-state index in [1.807, 2.05) is 44.2 Å². The van der Waals surface area contributed by atoms with Gasteiger partial charge in [-0.15, -0.1) is 0 Å².